The van der Waals surface area contributed by atoms with Crippen molar-refractivity contribution in [2.75, 3.05) is 7.11 Å². The van der Waals surface area contributed by atoms with Crippen LogP contribution in [0.2, 0.25) is 0 Å². The van der Waals surface area contributed by atoms with Crippen LogP contribution in [-0.4, -0.2) is 20.8 Å². The predicted molar refractivity (Wildman–Crippen MR) is 131 cm³/mol. The van der Waals surface area contributed by atoms with E-state index in [2.05, 4.69) is 0 Å². The second-order valence-electron chi connectivity index (χ2n) is 8.36. The lowest BCUT2D eigenvalue weighted by atomic mass is 10.1. The van der Waals surface area contributed by atoms with Crippen molar-refractivity contribution in [2.45, 2.75) is 25.3 Å². The number of benzene rings is 3. The van der Waals surface area contributed by atoms with E-state index in [1.165, 1.54) is 25.3 Å². The number of alkyl halides is 3. The molecule has 0 radical (unpaired) electrons. The minimum Gasteiger partial charge on any atom is -0.497 e. The van der Waals surface area contributed by atoms with Gasteiger partial charge in [0, 0.05) is 17.7 Å². The molecule has 4 rings (SSSR count). The van der Waals surface area contributed by atoms with Crippen LogP contribution in [0.1, 0.15) is 22.7 Å². The molecule has 1 unspecified atom stereocenters. The van der Waals surface area contributed by atoms with E-state index < -0.39 is 59.3 Å². The fraction of sp³-hybridized carbons (Fsp3) is 0.192. The third-order valence-corrected chi connectivity index (χ3v) is 5.97. The summed E-state index contributed by atoms with van der Waals surface area (Å²) in [5.74, 6) is -0.995. The van der Waals surface area contributed by atoms with Crippen LogP contribution in [0.5, 0.6) is 5.75 Å². The van der Waals surface area contributed by atoms with Crippen LogP contribution < -0.4 is 27.5 Å². The van der Waals surface area contributed by atoms with E-state index in [-0.39, 0.29) is 11.4 Å². The summed E-state index contributed by atoms with van der Waals surface area (Å²) in [6.45, 7) is -1.49. The molecular formula is C26H22F4N4O4. The first-order valence-corrected chi connectivity index (χ1v) is 11.3. The fourth-order valence-corrected chi connectivity index (χ4v) is 4.04. The summed E-state index contributed by atoms with van der Waals surface area (Å²) in [6.07, 6.45) is -4.96. The van der Waals surface area contributed by atoms with Crippen LogP contribution in [0, 0.1) is 5.82 Å². The number of aromatic nitrogens is 3. The van der Waals surface area contributed by atoms with Crippen molar-refractivity contribution in [2.24, 2.45) is 5.73 Å². The third-order valence-electron chi connectivity index (χ3n) is 5.97. The van der Waals surface area contributed by atoms with E-state index in [4.69, 9.17) is 10.5 Å². The maximum absolute atomic E-state index is 14.6. The van der Waals surface area contributed by atoms with Crippen LogP contribution in [0.25, 0.3) is 5.69 Å². The molecule has 0 bridgehead atoms. The van der Waals surface area contributed by atoms with Crippen LogP contribution >= 0.6 is 0 Å². The molecule has 1 heterocycles. The molecule has 1 aromatic heterocycles. The summed E-state index contributed by atoms with van der Waals surface area (Å²) in [6, 6.07) is 15.6. The van der Waals surface area contributed by atoms with Crippen molar-refractivity contribution in [3.8, 4) is 11.4 Å². The Balaban J connectivity index is 1.97. The molecule has 0 aliphatic carbocycles. The number of nitrogens with two attached hydrogens (primary N) is 1. The van der Waals surface area contributed by atoms with Crippen molar-refractivity contribution >= 4 is 0 Å². The maximum atomic E-state index is 14.6. The van der Waals surface area contributed by atoms with Crippen molar-refractivity contribution in [1.29, 1.82) is 0 Å². The molecule has 3 aromatic carbocycles. The number of rotatable bonds is 7. The van der Waals surface area contributed by atoms with Gasteiger partial charge in [0.25, 0.3) is 0 Å². The van der Waals surface area contributed by atoms with Crippen LogP contribution in [0.3, 0.4) is 0 Å². The van der Waals surface area contributed by atoms with Gasteiger partial charge in [0.05, 0.1) is 31.5 Å². The van der Waals surface area contributed by atoms with E-state index >= 15 is 0 Å². The molecule has 0 aliphatic rings. The molecule has 38 heavy (non-hydrogen) atoms. The quantitative estimate of drug-likeness (QED) is 0.370. The minimum absolute atomic E-state index is 0.0142. The monoisotopic (exact) mass is 530 g/mol. The highest BCUT2D eigenvalue weighted by atomic mass is 19.4. The Bertz CT molecular complexity index is 1640. The zero-order valence-electron chi connectivity index (χ0n) is 20.0. The zero-order valence-corrected chi connectivity index (χ0v) is 20.0. The molecule has 0 saturated carbocycles. The predicted octanol–water partition coefficient (Wildman–Crippen LogP) is 3.08. The average Bonchev–Trinajstić information content (AvgIpc) is 2.89. The first kappa shape index (κ1) is 26.6. The number of methoxy groups -OCH3 is 1. The van der Waals surface area contributed by atoms with Gasteiger partial charge in [0.15, 0.2) is 0 Å². The first-order chi connectivity index (χ1) is 18.0. The number of nitrogens with zero attached hydrogens (tertiary/aromatic N) is 3. The van der Waals surface area contributed by atoms with E-state index in [0.29, 0.717) is 25.3 Å². The van der Waals surface area contributed by atoms with Crippen molar-refractivity contribution in [1.82, 2.24) is 13.7 Å². The standard InChI is InChI=1S/C26H22F4N4O4/c1-38-18-10-5-9-17(13-18)34-24(36)32(14-19-20(26(28,29)30)11-6-12-21(19)27)23(35)33(25(34)37)15-22(31)16-7-3-2-4-8-16/h2-13,22H,14-15,31H2,1H3. The van der Waals surface area contributed by atoms with Crippen LogP contribution in [0.15, 0.2) is 87.2 Å². The van der Waals surface area contributed by atoms with Crippen LogP contribution in [-0.2, 0) is 19.3 Å². The summed E-state index contributed by atoms with van der Waals surface area (Å²) in [7, 11) is 1.36. The van der Waals surface area contributed by atoms with Crippen molar-refractivity contribution in [3.05, 3.63) is 127 Å². The van der Waals surface area contributed by atoms with Gasteiger partial charge >= 0.3 is 23.2 Å². The Morgan fingerprint density at radius 3 is 2.18 bits per heavy atom. The molecule has 0 fully saturated rings. The Hall–Kier alpha value is -4.45. The van der Waals surface area contributed by atoms with Gasteiger partial charge in [-0.25, -0.2) is 32.5 Å². The van der Waals surface area contributed by atoms with E-state index in [9.17, 15) is 31.9 Å². The average molecular weight is 530 g/mol. The highest BCUT2D eigenvalue weighted by Crippen LogP contribution is 2.33. The van der Waals surface area contributed by atoms with Gasteiger partial charge in [-0.1, -0.05) is 42.5 Å². The highest BCUT2D eigenvalue weighted by molar-refractivity contribution is 5.39. The Labute approximate surface area is 212 Å². The molecular weight excluding hydrogens is 508 g/mol. The fourth-order valence-electron chi connectivity index (χ4n) is 4.04. The van der Waals surface area contributed by atoms with E-state index in [0.717, 1.165) is 12.1 Å². The van der Waals surface area contributed by atoms with Gasteiger partial charge in [-0.3, -0.25) is 0 Å². The zero-order chi connectivity index (χ0) is 27.6. The van der Waals surface area contributed by atoms with Gasteiger partial charge in [0.1, 0.15) is 11.6 Å². The van der Waals surface area contributed by atoms with Gasteiger partial charge in [0.2, 0.25) is 0 Å². The number of hydrogen-bond donors (Lipinski definition) is 1. The normalized spacial score (nSPS) is 12.4. The molecule has 8 nitrogen and oxygen atoms in total. The SMILES string of the molecule is COc1cccc(-n2c(=O)n(Cc3c(F)cccc3C(F)(F)F)c(=O)n(CC(N)c3ccccc3)c2=O)c1. The number of hydrogen-bond acceptors (Lipinski definition) is 5. The lowest BCUT2D eigenvalue weighted by Gasteiger charge is -2.19. The lowest BCUT2D eigenvalue weighted by Crippen LogP contribution is -2.55. The largest absolute Gasteiger partial charge is 0.497 e. The first-order valence-electron chi connectivity index (χ1n) is 11.3. The summed E-state index contributed by atoms with van der Waals surface area (Å²) in [5, 5.41) is 0. The molecule has 0 aliphatic heterocycles. The Morgan fingerprint density at radius 1 is 0.868 bits per heavy atom. The maximum Gasteiger partial charge on any atom is 0.416 e. The third kappa shape index (κ3) is 5.16. The molecule has 0 spiro atoms. The lowest BCUT2D eigenvalue weighted by molar-refractivity contribution is -0.138. The second-order valence-corrected chi connectivity index (χ2v) is 8.36. The topological polar surface area (TPSA) is 101 Å². The molecule has 12 heteroatoms. The van der Waals surface area contributed by atoms with E-state index in [1.54, 1.807) is 36.4 Å². The molecule has 198 valence electrons. The smallest absolute Gasteiger partial charge is 0.416 e. The van der Waals surface area contributed by atoms with E-state index in [1.807, 2.05) is 0 Å². The number of halogens is 4. The Morgan fingerprint density at radius 2 is 1.53 bits per heavy atom. The minimum atomic E-state index is -4.96. The molecule has 2 N–H and O–H groups in total. The Kier molecular flexibility index (Phi) is 7.35. The second kappa shape index (κ2) is 10.5. The molecule has 0 amide bonds. The summed E-state index contributed by atoms with van der Waals surface area (Å²) in [5.41, 5.74) is 0.942. The van der Waals surface area contributed by atoms with Crippen molar-refractivity contribution in [3.63, 3.8) is 0 Å². The van der Waals surface area contributed by atoms with Crippen LogP contribution in [0.4, 0.5) is 17.6 Å². The van der Waals surface area contributed by atoms with Crippen molar-refractivity contribution < 1.29 is 22.3 Å². The highest BCUT2D eigenvalue weighted by Gasteiger charge is 2.35. The number of ether oxygens (including phenoxy) is 1. The van der Waals surface area contributed by atoms with Gasteiger partial charge in [-0.2, -0.15) is 13.2 Å². The van der Waals surface area contributed by atoms with Gasteiger partial charge < -0.3 is 10.5 Å². The summed E-state index contributed by atoms with van der Waals surface area (Å²) < 4.78 is 62.3. The molecule has 0 saturated heterocycles. The van der Waals surface area contributed by atoms with Gasteiger partial charge in [-0.15, -0.1) is 0 Å². The summed E-state index contributed by atoms with van der Waals surface area (Å²) >= 11 is 0. The molecule has 4 aromatic rings. The summed E-state index contributed by atoms with van der Waals surface area (Å²) in [4.78, 5) is 40.3. The molecule has 1 atom stereocenters. The van der Waals surface area contributed by atoms with Gasteiger partial charge in [-0.05, 0) is 29.8 Å².